The first-order valence-electron chi connectivity index (χ1n) is 9.18. The van der Waals surface area contributed by atoms with E-state index in [0.29, 0.717) is 17.0 Å². The van der Waals surface area contributed by atoms with Gasteiger partial charge in [-0.15, -0.1) is 0 Å². The Balaban J connectivity index is 1.68. The van der Waals surface area contributed by atoms with Gasteiger partial charge in [-0.25, -0.2) is 10.1 Å². The predicted octanol–water partition coefficient (Wildman–Crippen LogP) is 4.09. The maximum Gasteiger partial charge on any atom is 0.275 e. The van der Waals surface area contributed by atoms with Crippen LogP contribution in [0, 0.1) is 0 Å². The van der Waals surface area contributed by atoms with Gasteiger partial charge in [0.2, 0.25) is 0 Å². The van der Waals surface area contributed by atoms with E-state index in [9.17, 15) is 4.79 Å². The highest BCUT2D eigenvalue weighted by atomic mass is 16.2. The van der Waals surface area contributed by atoms with E-state index in [1.165, 1.54) is 0 Å². The summed E-state index contributed by atoms with van der Waals surface area (Å²) >= 11 is 0. The van der Waals surface area contributed by atoms with E-state index in [4.69, 9.17) is 0 Å². The van der Waals surface area contributed by atoms with Crippen molar-refractivity contribution in [2.24, 2.45) is 5.10 Å². The number of amides is 1. The maximum atomic E-state index is 12.9. The average Bonchev–Trinajstić information content (AvgIpc) is 3.25. The molecule has 6 heteroatoms. The third-order valence-corrected chi connectivity index (χ3v) is 4.43. The fraction of sp³-hybridized carbons (Fsp3) is 0.0435. The van der Waals surface area contributed by atoms with Crippen LogP contribution in [0.2, 0.25) is 0 Å². The lowest BCUT2D eigenvalue weighted by atomic mass is 10.1. The summed E-state index contributed by atoms with van der Waals surface area (Å²) in [6.07, 6.45) is 5.12. The molecular weight excluding hydrogens is 362 g/mol. The van der Waals surface area contributed by atoms with Crippen LogP contribution < -0.4 is 5.43 Å². The number of pyridine rings is 1. The van der Waals surface area contributed by atoms with Crippen molar-refractivity contribution in [2.75, 3.05) is 0 Å². The number of nitrogens with one attached hydrogen (secondary N) is 1. The van der Waals surface area contributed by atoms with E-state index in [1.54, 1.807) is 23.3 Å². The Hall–Kier alpha value is -4.06. The number of hydrogen-bond acceptors (Lipinski definition) is 4. The second-order valence-electron chi connectivity index (χ2n) is 6.42. The zero-order chi connectivity index (χ0) is 20.1. The normalized spacial score (nSPS) is 11.3. The minimum atomic E-state index is -0.325. The molecule has 142 valence electrons. The summed E-state index contributed by atoms with van der Waals surface area (Å²) in [6, 6.07) is 23.0. The molecule has 2 heterocycles. The summed E-state index contributed by atoms with van der Waals surface area (Å²) in [5.74, 6) is -0.325. The van der Waals surface area contributed by atoms with E-state index in [-0.39, 0.29) is 5.91 Å². The Labute approximate surface area is 168 Å². The number of aromatic nitrogens is 3. The Morgan fingerprint density at radius 3 is 2.38 bits per heavy atom. The molecule has 0 atom stereocenters. The minimum absolute atomic E-state index is 0.325. The van der Waals surface area contributed by atoms with Crippen LogP contribution in [-0.2, 0) is 0 Å². The molecule has 0 radical (unpaired) electrons. The monoisotopic (exact) mass is 381 g/mol. The van der Waals surface area contributed by atoms with Crippen molar-refractivity contribution >= 4 is 11.6 Å². The predicted molar refractivity (Wildman–Crippen MR) is 113 cm³/mol. The largest absolute Gasteiger partial charge is 0.275 e. The lowest BCUT2D eigenvalue weighted by molar-refractivity contribution is 0.0955. The van der Waals surface area contributed by atoms with Crippen molar-refractivity contribution in [3.63, 3.8) is 0 Å². The van der Waals surface area contributed by atoms with Crippen LogP contribution in [0.25, 0.3) is 16.9 Å². The van der Waals surface area contributed by atoms with Crippen LogP contribution in [0.4, 0.5) is 0 Å². The molecule has 4 aromatic rings. The zero-order valence-corrected chi connectivity index (χ0v) is 15.9. The van der Waals surface area contributed by atoms with Crippen molar-refractivity contribution in [1.82, 2.24) is 20.2 Å². The van der Waals surface area contributed by atoms with Gasteiger partial charge in [0, 0.05) is 29.7 Å². The first-order chi connectivity index (χ1) is 14.2. The number of nitrogens with zero attached hydrogens (tertiary/aromatic N) is 4. The number of benzene rings is 2. The van der Waals surface area contributed by atoms with Crippen molar-refractivity contribution in [2.45, 2.75) is 6.92 Å². The molecule has 0 unspecified atom stereocenters. The van der Waals surface area contributed by atoms with Gasteiger partial charge in [0.05, 0.1) is 17.0 Å². The van der Waals surface area contributed by atoms with Crippen molar-refractivity contribution in [3.8, 4) is 16.9 Å². The number of rotatable bonds is 5. The van der Waals surface area contributed by atoms with Crippen LogP contribution >= 0.6 is 0 Å². The number of para-hydroxylation sites is 1. The maximum absolute atomic E-state index is 12.9. The molecule has 1 amide bonds. The second kappa shape index (κ2) is 8.31. The SMILES string of the molecule is C/C(=N/NC(=O)c1cn(-c2ccccc2)nc1-c1ccccc1)c1cccnc1. The second-order valence-corrected chi connectivity index (χ2v) is 6.42. The standard InChI is InChI=1S/C23H19N5O/c1-17(19-11-8-14-24-15-19)25-26-23(29)21-16-28(20-12-6-3-7-13-20)27-22(21)18-9-4-2-5-10-18/h2-16H,1H3,(H,26,29)/b25-17-. The molecule has 0 saturated carbocycles. The molecule has 1 N–H and O–H groups in total. The molecule has 6 nitrogen and oxygen atoms in total. The zero-order valence-electron chi connectivity index (χ0n) is 15.9. The molecule has 0 spiro atoms. The van der Waals surface area contributed by atoms with Crippen LogP contribution in [-0.4, -0.2) is 26.4 Å². The highest BCUT2D eigenvalue weighted by Crippen LogP contribution is 2.23. The molecule has 0 aliphatic rings. The van der Waals surface area contributed by atoms with Crippen LogP contribution in [0.3, 0.4) is 0 Å². The van der Waals surface area contributed by atoms with Gasteiger partial charge in [-0.05, 0) is 25.1 Å². The summed E-state index contributed by atoms with van der Waals surface area (Å²) in [5.41, 5.74) is 6.93. The summed E-state index contributed by atoms with van der Waals surface area (Å²) in [7, 11) is 0. The molecule has 0 fully saturated rings. The quantitative estimate of drug-likeness (QED) is 0.418. The highest BCUT2D eigenvalue weighted by Gasteiger charge is 2.18. The van der Waals surface area contributed by atoms with Crippen molar-refractivity contribution in [1.29, 1.82) is 0 Å². The summed E-state index contributed by atoms with van der Waals surface area (Å²) in [6.45, 7) is 1.82. The lowest BCUT2D eigenvalue weighted by Gasteiger charge is -2.03. The van der Waals surface area contributed by atoms with Crippen molar-refractivity contribution in [3.05, 3.63) is 103 Å². The Morgan fingerprint density at radius 1 is 0.966 bits per heavy atom. The molecule has 0 aliphatic carbocycles. The van der Waals surface area contributed by atoms with E-state index >= 15 is 0 Å². The Kier molecular flexibility index (Phi) is 5.25. The Morgan fingerprint density at radius 2 is 1.69 bits per heavy atom. The third kappa shape index (κ3) is 4.11. The molecule has 2 aromatic carbocycles. The summed E-state index contributed by atoms with van der Waals surface area (Å²) in [5, 5.41) is 8.88. The van der Waals surface area contributed by atoms with Crippen LogP contribution in [0.5, 0.6) is 0 Å². The van der Waals surface area contributed by atoms with E-state index in [2.05, 4.69) is 20.6 Å². The molecule has 0 saturated heterocycles. The fourth-order valence-corrected chi connectivity index (χ4v) is 2.90. The first kappa shape index (κ1) is 18.3. The van der Waals surface area contributed by atoms with Gasteiger partial charge in [0.1, 0.15) is 5.69 Å². The van der Waals surface area contributed by atoms with E-state index < -0.39 is 0 Å². The smallest absolute Gasteiger partial charge is 0.267 e. The highest BCUT2D eigenvalue weighted by molar-refractivity contribution is 6.02. The molecule has 0 aliphatic heterocycles. The number of hydrazone groups is 1. The van der Waals surface area contributed by atoms with Gasteiger partial charge in [0.25, 0.3) is 5.91 Å². The van der Waals surface area contributed by atoms with Crippen molar-refractivity contribution < 1.29 is 4.79 Å². The molecular formula is C23H19N5O. The number of carbonyl (C=O) groups is 1. The van der Waals surface area contributed by atoms with Gasteiger partial charge in [0.15, 0.2) is 0 Å². The van der Waals surface area contributed by atoms with Gasteiger partial charge in [-0.1, -0.05) is 54.6 Å². The third-order valence-electron chi connectivity index (χ3n) is 4.43. The molecule has 2 aromatic heterocycles. The van der Waals surface area contributed by atoms with Gasteiger partial charge >= 0.3 is 0 Å². The average molecular weight is 381 g/mol. The first-order valence-corrected chi connectivity index (χ1v) is 9.18. The van der Waals surface area contributed by atoms with E-state index in [1.807, 2.05) is 79.7 Å². The molecule has 4 rings (SSSR count). The topological polar surface area (TPSA) is 72.2 Å². The van der Waals surface area contributed by atoms with Gasteiger partial charge in [-0.3, -0.25) is 9.78 Å². The van der Waals surface area contributed by atoms with E-state index in [0.717, 1.165) is 16.8 Å². The van der Waals surface area contributed by atoms with Crippen LogP contribution in [0.15, 0.2) is 96.5 Å². The fourth-order valence-electron chi connectivity index (χ4n) is 2.90. The molecule has 29 heavy (non-hydrogen) atoms. The summed E-state index contributed by atoms with van der Waals surface area (Å²) < 4.78 is 1.70. The number of hydrogen-bond donors (Lipinski definition) is 1. The minimum Gasteiger partial charge on any atom is -0.267 e. The number of carbonyl (C=O) groups excluding carboxylic acids is 1. The molecule has 0 bridgehead atoms. The van der Waals surface area contributed by atoms with Gasteiger partial charge < -0.3 is 0 Å². The van der Waals surface area contributed by atoms with Gasteiger partial charge in [-0.2, -0.15) is 10.2 Å². The lowest BCUT2D eigenvalue weighted by Crippen LogP contribution is -2.19. The summed E-state index contributed by atoms with van der Waals surface area (Å²) in [4.78, 5) is 17.0. The van der Waals surface area contributed by atoms with Crippen LogP contribution in [0.1, 0.15) is 22.8 Å². The Bertz CT molecular complexity index is 1140.